The van der Waals surface area contributed by atoms with Crippen LogP contribution in [0.25, 0.3) is 0 Å². The summed E-state index contributed by atoms with van der Waals surface area (Å²) in [6.07, 6.45) is 1.15. The van der Waals surface area contributed by atoms with Crippen LogP contribution < -0.4 is 10.1 Å². The molecule has 3 nitrogen and oxygen atoms in total. The quantitative estimate of drug-likeness (QED) is 0.799. The van der Waals surface area contributed by atoms with E-state index in [1.807, 2.05) is 6.07 Å². The zero-order valence-electron chi connectivity index (χ0n) is 11.2. The predicted molar refractivity (Wildman–Crippen MR) is 70.4 cm³/mol. The van der Waals surface area contributed by atoms with E-state index >= 15 is 0 Å². The number of hydrogen-bond donors (Lipinski definition) is 2. The van der Waals surface area contributed by atoms with Crippen LogP contribution in [0.2, 0.25) is 0 Å². The topological polar surface area (TPSA) is 41.5 Å². The minimum atomic E-state index is 0.198. The molecule has 0 aromatic heterocycles. The second-order valence-corrected chi connectivity index (χ2v) is 4.92. The lowest BCUT2D eigenvalue weighted by molar-refractivity contribution is 0.372. The first-order valence-corrected chi connectivity index (χ1v) is 6.12. The third-order valence-electron chi connectivity index (χ3n) is 2.72. The lowest BCUT2D eigenvalue weighted by Gasteiger charge is -2.16. The predicted octanol–water partition coefficient (Wildman–Crippen LogP) is 2.93. The molecule has 0 bridgehead atoms. The van der Waals surface area contributed by atoms with Crippen LogP contribution in [0.5, 0.6) is 11.5 Å². The molecule has 0 saturated carbocycles. The van der Waals surface area contributed by atoms with Gasteiger partial charge in [-0.2, -0.15) is 0 Å². The molecule has 0 heterocycles. The molecule has 0 saturated heterocycles. The fourth-order valence-electron chi connectivity index (χ4n) is 1.93. The van der Waals surface area contributed by atoms with Gasteiger partial charge in [-0.25, -0.2) is 0 Å². The molecular weight excluding hydrogens is 214 g/mol. The van der Waals surface area contributed by atoms with Gasteiger partial charge in [-0.05, 0) is 37.0 Å². The van der Waals surface area contributed by atoms with E-state index in [4.69, 9.17) is 4.74 Å². The fraction of sp³-hybridized carbons (Fsp3) is 0.571. The van der Waals surface area contributed by atoms with Crippen molar-refractivity contribution in [2.45, 2.75) is 39.8 Å². The summed E-state index contributed by atoms with van der Waals surface area (Å²) in [7, 11) is 1.55. The average Bonchev–Trinajstić information content (AvgIpc) is 2.25. The maximum Gasteiger partial charge on any atom is 0.160 e. The van der Waals surface area contributed by atoms with Crippen molar-refractivity contribution in [2.75, 3.05) is 7.11 Å². The summed E-state index contributed by atoms with van der Waals surface area (Å²) >= 11 is 0. The maximum absolute atomic E-state index is 9.65. The van der Waals surface area contributed by atoms with Gasteiger partial charge in [0.2, 0.25) is 0 Å². The Balaban J connectivity index is 2.49. The van der Waals surface area contributed by atoms with Gasteiger partial charge in [-0.1, -0.05) is 19.9 Å². The Morgan fingerprint density at radius 3 is 2.53 bits per heavy atom. The molecule has 1 aromatic rings. The van der Waals surface area contributed by atoms with Gasteiger partial charge < -0.3 is 15.2 Å². The van der Waals surface area contributed by atoms with E-state index < -0.39 is 0 Å². The first kappa shape index (κ1) is 13.8. The molecule has 0 spiro atoms. The summed E-state index contributed by atoms with van der Waals surface area (Å²) in [5.74, 6) is 1.41. The van der Waals surface area contributed by atoms with Crippen LogP contribution in [0.1, 0.15) is 32.8 Å². The molecular formula is C14H23NO2. The van der Waals surface area contributed by atoms with E-state index in [1.54, 1.807) is 19.2 Å². The number of ether oxygens (including phenoxy) is 1. The largest absolute Gasteiger partial charge is 0.504 e. The highest BCUT2D eigenvalue weighted by Crippen LogP contribution is 2.26. The normalized spacial score (nSPS) is 12.8. The standard InChI is InChI=1S/C14H23NO2/c1-10(2)7-11(3)15-9-12-5-6-14(17-4)13(16)8-12/h5-6,8,10-11,15-16H,7,9H2,1-4H3. The van der Waals surface area contributed by atoms with E-state index in [9.17, 15) is 5.11 Å². The zero-order valence-corrected chi connectivity index (χ0v) is 11.2. The van der Waals surface area contributed by atoms with Crippen LogP contribution >= 0.6 is 0 Å². The van der Waals surface area contributed by atoms with Crippen molar-refractivity contribution in [1.82, 2.24) is 5.32 Å². The highest BCUT2D eigenvalue weighted by Gasteiger charge is 2.06. The van der Waals surface area contributed by atoms with Crippen molar-refractivity contribution in [3.05, 3.63) is 23.8 Å². The molecule has 1 unspecified atom stereocenters. The van der Waals surface area contributed by atoms with E-state index in [-0.39, 0.29) is 5.75 Å². The van der Waals surface area contributed by atoms with Crippen molar-refractivity contribution in [1.29, 1.82) is 0 Å². The number of benzene rings is 1. The van der Waals surface area contributed by atoms with Crippen LogP contribution in [0.15, 0.2) is 18.2 Å². The highest BCUT2D eigenvalue weighted by atomic mass is 16.5. The molecule has 1 rings (SSSR count). The molecule has 3 heteroatoms. The van der Waals surface area contributed by atoms with E-state index in [2.05, 4.69) is 26.1 Å². The average molecular weight is 237 g/mol. The third-order valence-corrected chi connectivity index (χ3v) is 2.72. The molecule has 0 aliphatic heterocycles. The van der Waals surface area contributed by atoms with Crippen LogP contribution in [-0.2, 0) is 6.54 Å². The van der Waals surface area contributed by atoms with Crippen molar-refractivity contribution < 1.29 is 9.84 Å². The number of phenols is 1. The molecule has 1 atom stereocenters. The molecule has 1 aromatic carbocycles. The number of nitrogens with one attached hydrogen (secondary N) is 1. The van der Waals surface area contributed by atoms with Gasteiger partial charge in [-0.15, -0.1) is 0 Å². The van der Waals surface area contributed by atoms with Crippen molar-refractivity contribution in [3.63, 3.8) is 0 Å². The van der Waals surface area contributed by atoms with Gasteiger partial charge in [0.25, 0.3) is 0 Å². The smallest absolute Gasteiger partial charge is 0.160 e. The lowest BCUT2D eigenvalue weighted by atomic mass is 10.0. The summed E-state index contributed by atoms with van der Waals surface area (Å²) in [5, 5.41) is 13.1. The van der Waals surface area contributed by atoms with Gasteiger partial charge in [0, 0.05) is 12.6 Å². The first-order chi connectivity index (χ1) is 8.02. The molecule has 96 valence electrons. The zero-order chi connectivity index (χ0) is 12.8. The summed E-state index contributed by atoms with van der Waals surface area (Å²) in [4.78, 5) is 0. The van der Waals surface area contributed by atoms with Gasteiger partial charge in [0.05, 0.1) is 7.11 Å². The maximum atomic E-state index is 9.65. The molecule has 0 radical (unpaired) electrons. The van der Waals surface area contributed by atoms with Gasteiger partial charge in [0.1, 0.15) is 0 Å². The van der Waals surface area contributed by atoms with Crippen LogP contribution in [0.3, 0.4) is 0 Å². The van der Waals surface area contributed by atoms with Crippen molar-refractivity contribution in [3.8, 4) is 11.5 Å². The summed E-state index contributed by atoms with van der Waals surface area (Å²) in [6, 6.07) is 5.99. The number of methoxy groups -OCH3 is 1. The number of hydrogen-bond acceptors (Lipinski definition) is 3. The molecule has 0 aliphatic carbocycles. The van der Waals surface area contributed by atoms with Crippen LogP contribution in [0.4, 0.5) is 0 Å². The Kier molecular flexibility index (Phi) is 5.29. The minimum absolute atomic E-state index is 0.198. The molecule has 0 aliphatic rings. The number of rotatable bonds is 6. The Labute approximate surface area is 104 Å². The van der Waals surface area contributed by atoms with Crippen LogP contribution in [0, 0.1) is 5.92 Å². The SMILES string of the molecule is COc1ccc(CNC(C)CC(C)C)cc1O. The highest BCUT2D eigenvalue weighted by molar-refractivity contribution is 5.41. The number of aromatic hydroxyl groups is 1. The monoisotopic (exact) mass is 237 g/mol. The minimum Gasteiger partial charge on any atom is -0.504 e. The summed E-state index contributed by atoms with van der Waals surface area (Å²) in [6.45, 7) is 7.39. The number of phenolic OH excluding ortho intramolecular Hbond substituents is 1. The second-order valence-electron chi connectivity index (χ2n) is 4.92. The van der Waals surface area contributed by atoms with E-state index in [0.717, 1.165) is 18.5 Å². The first-order valence-electron chi connectivity index (χ1n) is 6.12. The fourth-order valence-corrected chi connectivity index (χ4v) is 1.93. The molecule has 0 amide bonds. The Morgan fingerprint density at radius 2 is 2.00 bits per heavy atom. The van der Waals surface area contributed by atoms with Crippen molar-refractivity contribution in [2.24, 2.45) is 5.92 Å². The molecule has 0 fully saturated rings. The Bertz CT molecular complexity index is 350. The Morgan fingerprint density at radius 1 is 1.29 bits per heavy atom. The summed E-state index contributed by atoms with van der Waals surface area (Å²) < 4.78 is 5.01. The van der Waals surface area contributed by atoms with Crippen molar-refractivity contribution >= 4 is 0 Å². The van der Waals surface area contributed by atoms with E-state index in [0.29, 0.717) is 17.7 Å². The summed E-state index contributed by atoms with van der Waals surface area (Å²) in [5.41, 5.74) is 1.07. The van der Waals surface area contributed by atoms with Crippen LogP contribution in [-0.4, -0.2) is 18.3 Å². The van der Waals surface area contributed by atoms with Gasteiger partial charge in [0.15, 0.2) is 11.5 Å². The molecule has 2 N–H and O–H groups in total. The van der Waals surface area contributed by atoms with E-state index in [1.165, 1.54) is 0 Å². The Hall–Kier alpha value is -1.22. The lowest BCUT2D eigenvalue weighted by Crippen LogP contribution is -2.26. The van der Waals surface area contributed by atoms with Gasteiger partial charge >= 0.3 is 0 Å². The third kappa shape index (κ3) is 4.65. The molecule has 17 heavy (non-hydrogen) atoms. The van der Waals surface area contributed by atoms with Gasteiger partial charge in [-0.3, -0.25) is 0 Å². The second kappa shape index (κ2) is 6.50.